The quantitative estimate of drug-likeness (QED) is 0.789. The van der Waals surface area contributed by atoms with Crippen molar-refractivity contribution in [2.75, 3.05) is 14.2 Å². The van der Waals surface area contributed by atoms with Crippen LogP contribution in [0.25, 0.3) is 0 Å². The molecule has 0 aliphatic rings. The molecular formula is C18H22O2. The Balaban J connectivity index is 2.24. The highest BCUT2D eigenvalue weighted by Gasteiger charge is 2.17. The van der Waals surface area contributed by atoms with Crippen molar-refractivity contribution in [1.82, 2.24) is 0 Å². The summed E-state index contributed by atoms with van der Waals surface area (Å²) in [5, 5.41) is 0. The normalized spacial score (nSPS) is 13.6. The summed E-state index contributed by atoms with van der Waals surface area (Å²) in [6, 6.07) is 16.6. The van der Waals surface area contributed by atoms with E-state index in [2.05, 4.69) is 38.1 Å². The Labute approximate surface area is 121 Å². The smallest absolute Gasteiger partial charge is 0.119 e. The number of benzene rings is 2. The highest BCUT2D eigenvalue weighted by molar-refractivity contribution is 5.36. The Morgan fingerprint density at radius 2 is 1.10 bits per heavy atom. The van der Waals surface area contributed by atoms with Gasteiger partial charge in [-0.2, -0.15) is 0 Å². The predicted molar refractivity (Wildman–Crippen MR) is 82.8 cm³/mol. The lowest BCUT2D eigenvalue weighted by atomic mass is 9.84. The molecule has 0 aliphatic heterocycles. The van der Waals surface area contributed by atoms with Crippen molar-refractivity contribution < 1.29 is 9.47 Å². The van der Waals surface area contributed by atoms with Crippen molar-refractivity contribution in [3.8, 4) is 11.5 Å². The fraction of sp³-hybridized carbons (Fsp3) is 0.333. The monoisotopic (exact) mass is 270 g/mol. The molecule has 0 aliphatic carbocycles. The van der Waals surface area contributed by atoms with Gasteiger partial charge in [-0.05, 0) is 47.2 Å². The van der Waals surface area contributed by atoms with Crippen LogP contribution in [0.15, 0.2) is 48.5 Å². The Bertz CT molecular complexity index is 511. The van der Waals surface area contributed by atoms with Crippen LogP contribution in [0.5, 0.6) is 11.5 Å². The Kier molecular flexibility index (Phi) is 4.67. The zero-order valence-corrected chi connectivity index (χ0v) is 12.6. The summed E-state index contributed by atoms with van der Waals surface area (Å²) in [6.07, 6.45) is 0. The molecule has 0 heterocycles. The summed E-state index contributed by atoms with van der Waals surface area (Å²) < 4.78 is 10.6. The maximum Gasteiger partial charge on any atom is 0.119 e. The molecule has 2 aromatic rings. The number of methoxy groups -OCH3 is 2. The van der Waals surface area contributed by atoms with E-state index in [0.717, 1.165) is 11.5 Å². The fourth-order valence-electron chi connectivity index (χ4n) is 2.43. The largest absolute Gasteiger partial charge is 0.497 e. The van der Waals surface area contributed by atoms with Crippen LogP contribution in [-0.2, 0) is 0 Å². The second-order valence-electron chi connectivity index (χ2n) is 5.13. The van der Waals surface area contributed by atoms with Gasteiger partial charge in [-0.25, -0.2) is 0 Å². The molecule has 0 saturated carbocycles. The van der Waals surface area contributed by atoms with Crippen LogP contribution in [0.2, 0.25) is 0 Å². The third-order valence-electron chi connectivity index (χ3n) is 3.99. The molecule has 0 N–H and O–H groups in total. The minimum absolute atomic E-state index is 0.414. The molecule has 2 atom stereocenters. The molecule has 0 amide bonds. The molecule has 0 bridgehead atoms. The molecule has 2 heteroatoms. The summed E-state index contributed by atoms with van der Waals surface area (Å²) in [5.74, 6) is 2.65. The number of hydrogen-bond donors (Lipinski definition) is 0. The topological polar surface area (TPSA) is 18.5 Å². The average Bonchev–Trinajstić information content (AvgIpc) is 2.53. The van der Waals surface area contributed by atoms with Crippen LogP contribution in [0.1, 0.15) is 36.8 Å². The Morgan fingerprint density at radius 3 is 1.45 bits per heavy atom. The van der Waals surface area contributed by atoms with Gasteiger partial charge in [0.25, 0.3) is 0 Å². The Morgan fingerprint density at radius 1 is 0.700 bits per heavy atom. The van der Waals surface area contributed by atoms with Crippen LogP contribution in [0.4, 0.5) is 0 Å². The van der Waals surface area contributed by atoms with E-state index >= 15 is 0 Å². The van der Waals surface area contributed by atoms with Crippen molar-refractivity contribution in [2.45, 2.75) is 25.7 Å². The van der Waals surface area contributed by atoms with Crippen molar-refractivity contribution in [1.29, 1.82) is 0 Å². The van der Waals surface area contributed by atoms with Crippen molar-refractivity contribution in [3.05, 3.63) is 59.7 Å². The van der Waals surface area contributed by atoms with E-state index in [0.29, 0.717) is 11.8 Å². The number of hydrogen-bond acceptors (Lipinski definition) is 2. The molecule has 2 nitrogen and oxygen atoms in total. The van der Waals surface area contributed by atoms with Gasteiger partial charge in [-0.3, -0.25) is 0 Å². The SMILES string of the molecule is COc1cccc([C@H](C)[C@@H](C)c2cccc(OC)c2)c1. The van der Waals surface area contributed by atoms with E-state index in [1.165, 1.54) is 11.1 Å². The Hall–Kier alpha value is -1.96. The lowest BCUT2D eigenvalue weighted by Gasteiger charge is -2.21. The maximum atomic E-state index is 5.31. The van der Waals surface area contributed by atoms with Gasteiger partial charge >= 0.3 is 0 Å². The zero-order valence-electron chi connectivity index (χ0n) is 12.6. The van der Waals surface area contributed by atoms with Crippen LogP contribution in [0, 0.1) is 0 Å². The van der Waals surface area contributed by atoms with E-state index in [4.69, 9.17) is 9.47 Å². The molecule has 0 aromatic heterocycles. The van der Waals surface area contributed by atoms with Gasteiger partial charge in [-0.1, -0.05) is 38.1 Å². The first-order chi connectivity index (χ1) is 9.65. The van der Waals surface area contributed by atoms with Gasteiger partial charge in [0.05, 0.1) is 14.2 Å². The first-order valence-corrected chi connectivity index (χ1v) is 6.93. The van der Waals surface area contributed by atoms with E-state index in [-0.39, 0.29) is 0 Å². The molecule has 0 fully saturated rings. The third-order valence-corrected chi connectivity index (χ3v) is 3.99. The summed E-state index contributed by atoms with van der Waals surface area (Å²) in [4.78, 5) is 0. The van der Waals surface area contributed by atoms with E-state index < -0.39 is 0 Å². The minimum Gasteiger partial charge on any atom is -0.497 e. The van der Waals surface area contributed by atoms with Crippen LogP contribution in [0.3, 0.4) is 0 Å². The van der Waals surface area contributed by atoms with Crippen LogP contribution >= 0.6 is 0 Å². The lowest BCUT2D eigenvalue weighted by Crippen LogP contribution is -2.05. The predicted octanol–water partition coefficient (Wildman–Crippen LogP) is 4.61. The van der Waals surface area contributed by atoms with Gasteiger partial charge in [0, 0.05) is 0 Å². The van der Waals surface area contributed by atoms with Crippen LogP contribution < -0.4 is 9.47 Å². The summed E-state index contributed by atoms with van der Waals surface area (Å²) >= 11 is 0. The maximum absolute atomic E-state index is 5.31. The minimum atomic E-state index is 0.414. The second kappa shape index (κ2) is 6.47. The molecule has 0 radical (unpaired) electrons. The van der Waals surface area contributed by atoms with E-state index in [1.54, 1.807) is 14.2 Å². The molecule has 2 rings (SSSR count). The molecule has 0 spiro atoms. The first kappa shape index (κ1) is 14.4. The van der Waals surface area contributed by atoms with Crippen molar-refractivity contribution >= 4 is 0 Å². The van der Waals surface area contributed by atoms with Gasteiger partial charge < -0.3 is 9.47 Å². The molecule has 106 valence electrons. The first-order valence-electron chi connectivity index (χ1n) is 6.93. The van der Waals surface area contributed by atoms with Gasteiger partial charge in [0.2, 0.25) is 0 Å². The molecule has 20 heavy (non-hydrogen) atoms. The molecule has 0 unspecified atom stereocenters. The highest BCUT2D eigenvalue weighted by Crippen LogP contribution is 2.34. The average molecular weight is 270 g/mol. The number of rotatable bonds is 5. The molecular weight excluding hydrogens is 248 g/mol. The summed E-state index contributed by atoms with van der Waals surface area (Å²) in [7, 11) is 3.41. The van der Waals surface area contributed by atoms with Crippen molar-refractivity contribution in [2.24, 2.45) is 0 Å². The lowest BCUT2D eigenvalue weighted by molar-refractivity contribution is 0.412. The summed E-state index contributed by atoms with van der Waals surface area (Å²) in [5.41, 5.74) is 2.58. The highest BCUT2D eigenvalue weighted by atomic mass is 16.5. The standard InChI is InChI=1S/C18H22O2/c1-13(15-7-5-9-17(11-15)19-3)14(2)16-8-6-10-18(12-16)20-4/h5-14H,1-4H3/t13-,14-/m1/s1. The van der Waals surface area contributed by atoms with Gasteiger partial charge in [-0.15, -0.1) is 0 Å². The molecule has 0 saturated heterocycles. The van der Waals surface area contributed by atoms with Gasteiger partial charge in [0.1, 0.15) is 11.5 Å². The number of ether oxygens (including phenoxy) is 2. The fourth-order valence-corrected chi connectivity index (χ4v) is 2.43. The van der Waals surface area contributed by atoms with E-state index in [9.17, 15) is 0 Å². The van der Waals surface area contributed by atoms with Crippen molar-refractivity contribution in [3.63, 3.8) is 0 Å². The van der Waals surface area contributed by atoms with Gasteiger partial charge in [0.15, 0.2) is 0 Å². The molecule has 2 aromatic carbocycles. The zero-order chi connectivity index (χ0) is 14.5. The van der Waals surface area contributed by atoms with Crippen LogP contribution in [-0.4, -0.2) is 14.2 Å². The van der Waals surface area contributed by atoms with E-state index in [1.807, 2.05) is 24.3 Å². The summed E-state index contributed by atoms with van der Waals surface area (Å²) in [6.45, 7) is 4.50. The second-order valence-corrected chi connectivity index (χ2v) is 5.13. The third kappa shape index (κ3) is 3.13.